The maximum atomic E-state index is 12.6. The molecule has 0 spiro atoms. The number of anilines is 1. The Morgan fingerprint density at radius 2 is 2.05 bits per heavy atom. The van der Waals surface area contributed by atoms with Crippen LogP contribution in [0, 0.1) is 0 Å². The van der Waals surface area contributed by atoms with Crippen molar-refractivity contribution < 1.29 is 9.59 Å². The van der Waals surface area contributed by atoms with Crippen molar-refractivity contribution in [2.45, 2.75) is 38.6 Å². The molecule has 5 heteroatoms. The largest absolute Gasteiger partial charge is 0.385 e. The molecule has 1 aromatic carbocycles. The average Bonchev–Trinajstić information content (AvgIpc) is 2.54. The molecule has 0 atom stereocenters. The van der Waals surface area contributed by atoms with Crippen LogP contribution in [0.15, 0.2) is 18.2 Å². The van der Waals surface area contributed by atoms with E-state index in [4.69, 9.17) is 0 Å². The number of carbonyl (C=O) groups is 2. The molecule has 22 heavy (non-hydrogen) atoms. The number of piperidine rings is 1. The predicted molar refractivity (Wildman–Crippen MR) is 86.0 cm³/mol. The number of nitrogens with zero attached hydrogens (tertiary/aromatic N) is 1. The third-order valence-electron chi connectivity index (χ3n) is 4.62. The Kier molecular flexibility index (Phi) is 4.32. The standard InChI is InChI=1S/C17H23N3O2/c1-12(21)20-10-7-13(8-11-20)19-17(22)15-4-2-6-16-14(15)5-3-9-18-16/h2,4,6,13,18H,3,5,7-11H2,1H3,(H,19,22). The summed E-state index contributed by atoms with van der Waals surface area (Å²) in [5.41, 5.74) is 3.01. The molecule has 1 saturated heterocycles. The zero-order chi connectivity index (χ0) is 15.5. The predicted octanol–water partition coefficient (Wildman–Crippen LogP) is 1.79. The van der Waals surface area contributed by atoms with Crippen LogP contribution in [-0.2, 0) is 11.2 Å². The molecule has 0 saturated carbocycles. The van der Waals surface area contributed by atoms with Crippen LogP contribution in [-0.4, -0.2) is 42.4 Å². The summed E-state index contributed by atoms with van der Waals surface area (Å²) in [5, 5.41) is 6.50. The Balaban J connectivity index is 1.65. The molecule has 5 nitrogen and oxygen atoms in total. The van der Waals surface area contributed by atoms with Gasteiger partial charge in [0.1, 0.15) is 0 Å². The maximum Gasteiger partial charge on any atom is 0.251 e. The summed E-state index contributed by atoms with van der Waals surface area (Å²) in [6.07, 6.45) is 3.68. The van der Waals surface area contributed by atoms with Crippen LogP contribution in [0.1, 0.15) is 42.1 Å². The molecule has 2 heterocycles. The van der Waals surface area contributed by atoms with Gasteiger partial charge in [0.2, 0.25) is 5.91 Å². The van der Waals surface area contributed by atoms with Crippen LogP contribution >= 0.6 is 0 Å². The fraction of sp³-hybridized carbons (Fsp3) is 0.529. The van der Waals surface area contributed by atoms with E-state index in [0.717, 1.165) is 62.1 Å². The summed E-state index contributed by atoms with van der Waals surface area (Å²) >= 11 is 0. The fourth-order valence-electron chi connectivity index (χ4n) is 3.32. The van der Waals surface area contributed by atoms with E-state index in [9.17, 15) is 9.59 Å². The topological polar surface area (TPSA) is 61.4 Å². The van der Waals surface area contributed by atoms with Crippen molar-refractivity contribution in [1.29, 1.82) is 0 Å². The number of carbonyl (C=O) groups excluding carboxylic acids is 2. The number of nitrogens with one attached hydrogen (secondary N) is 2. The van der Waals surface area contributed by atoms with E-state index in [1.807, 2.05) is 23.1 Å². The number of hydrogen-bond donors (Lipinski definition) is 2. The van der Waals surface area contributed by atoms with Crippen molar-refractivity contribution in [1.82, 2.24) is 10.2 Å². The lowest BCUT2D eigenvalue weighted by atomic mass is 9.96. The van der Waals surface area contributed by atoms with Crippen LogP contribution in [0.25, 0.3) is 0 Å². The van der Waals surface area contributed by atoms with E-state index >= 15 is 0 Å². The summed E-state index contributed by atoms with van der Waals surface area (Å²) in [6.45, 7) is 4.03. The van der Waals surface area contributed by atoms with Crippen molar-refractivity contribution in [2.75, 3.05) is 25.0 Å². The maximum absolute atomic E-state index is 12.6. The highest BCUT2D eigenvalue weighted by Crippen LogP contribution is 2.25. The molecule has 2 aliphatic rings. The van der Waals surface area contributed by atoms with Gasteiger partial charge in [0.05, 0.1) is 0 Å². The SMILES string of the molecule is CC(=O)N1CCC(NC(=O)c2cccc3c2CCCN3)CC1. The molecule has 3 rings (SSSR count). The van der Waals surface area contributed by atoms with Crippen molar-refractivity contribution >= 4 is 17.5 Å². The molecule has 0 aliphatic carbocycles. The van der Waals surface area contributed by atoms with Gasteiger partial charge in [-0.1, -0.05) is 6.07 Å². The number of hydrogen-bond acceptors (Lipinski definition) is 3. The third kappa shape index (κ3) is 3.08. The number of likely N-dealkylation sites (tertiary alicyclic amines) is 1. The molecule has 0 unspecified atom stereocenters. The first-order chi connectivity index (χ1) is 10.6. The molecule has 0 radical (unpaired) electrons. The first-order valence-electron chi connectivity index (χ1n) is 8.07. The molecular formula is C17H23N3O2. The molecule has 118 valence electrons. The summed E-state index contributed by atoms with van der Waals surface area (Å²) in [7, 11) is 0. The Bertz CT molecular complexity index is 577. The normalized spacial score (nSPS) is 18.3. The lowest BCUT2D eigenvalue weighted by Crippen LogP contribution is -2.46. The zero-order valence-electron chi connectivity index (χ0n) is 13.0. The molecular weight excluding hydrogens is 278 g/mol. The number of rotatable bonds is 2. The molecule has 1 fully saturated rings. The first-order valence-corrected chi connectivity index (χ1v) is 8.07. The third-order valence-corrected chi connectivity index (χ3v) is 4.62. The summed E-state index contributed by atoms with van der Waals surface area (Å²) in [6, 6.07) is 6.04. The van der Waals surface area contributed by atoms with E-state index in [1.54, 1.807) is 6.92 Å². The summed E-state index contributed by atoms with van der Waals surface area (Å²) in [4.78, 5) is 25.8. The highest BCUT2D eigenvalue weighted by atomic mass is 16.2. The van der Waals surface area contributed by atoms with Crippen LogP contribution in [0.2, 0.25) is 0 Å². The number of benzene rings is 1. The lowest BCUT2D eigenvalue weighted by molar-refractivity contribution is -0.129. The van der Waals surface area contributed by atoms with E-state index in [2.05, 4.69) is 10.6 Å². The molecule has 2 aliphatic heterocycles. The second-order valence-electron chi connectivity index (χ2n) is 6.12. The smallest absolute Gasteiger partial charge is 0.251 e. The van der Waals surface area contributed by atoms with Crippen molar-refractivity contribution in [3.8, 4) is 0 Å². The Morgan fingerprint density at radius 1 is 1.27 bits per heavy atom. The number of fused-ring (bicyclic) bond motifs is 1. The molecule has 1 aromatic rings. The Labute approximate surface area is 131 Å². The minimum absolute atomic E-state index is 0.0156. The van der Waals surface area contributed by atoms with E-state index in [-0.39, 0.29) is 17.9 Å². The van der Waals surface area contributed by atoms with Gasteiger partial charge >= 0.3 is 0 Å². The average molecular weight is 301 g/mol. The minimum Gasteiger partial charge on any atom is -0.385 e. The van der Waals surface area contributed by atoms with Gasteiger partial charge in [-0.3, -0.25) is 9.59 Å². The van der Waals surface area contributed by atoms with Crippen molar-refractivity contribution in [3.05, 3.63) is 29.3 Å². The molecule has 2 amide bonds. The van der Waals surface area contributed by atoms with Gasteiger partial charge < -0.3 is 15.5 Å². The second kappa shape index (κ2) is 6.38. The highest BCUT2D eigenvalue weighted by Gasteiger charge is 2.24. The van der Waals surface area contributed by atoms with Crippen molar-refractivity contribution in [3.63, 3.8) is 0 Å². The van der Waals surface area contributed by atoms with E-state index in [1.165, 1.54) is 0 Å². The zero-order valence-corrected chi connectivity index (χ0v) is 13.0. The molecule has 0 bridgehead atoms. The Morgan fingerprint density at radius 3 is 2.77 bits per heavy atom. The van der Waals surface area contributed by atoms with Crippen LogP contribution in [0.5, 0.6) is 0 Å². The Hall–Kier alpha value is -2.04. The minimum atomic E-state index is 0.0156. The fourth-order valence-corrected chi connectivity index (χ4v) is 3.32. The van der Waals surface area contributed by atoms with Gasteiger partial charge in [0.25, 0.3) is 5.91 Å². The van der Waals surface area contributed by atoms with Gasteiger partial charge in [-0.25, -0.2) is 0 Å². The van der Waals surface area contributed by atoms with E-state index < -0.39 is 0 Å². The van der Waals surface area contributed by atoms with Gasteiger partial charge in [-0.2, -0.15) is 0 Å². The number of amides is 2. The van der Waals surface area contributed by atoms with Crippen LogP contribution < -0.4 is 10.6 Å². The summed E-state index contributed by atoms with van der Waals surface area (Å²) in [5.74, 6) is 0.134. The molecule has 2 N–H and O–H groups in total. The first kappa shape index (κ1) is 14.9. The lowest BCUT2D eigenvalue weighted by Gasteiger charge is -2.32. The molecule has 0 aromatic heterocycles. The summed E-state index contributed by atoms with van der Waals surface area (Å²) < 4.78 is 0. The van der Waals surface area contributed by atoms with Gasteiger partial charge in [0.15, 0.2) is 0 Å². The van der Waals surface area contributed by atoms with Crippen LogP contribution in [0.3, 0.4) is 0 Å². The second-order valence-corrected chi connectivity index (χ2v) is 6.12. The van der Waals surface area contributed by atoms with Gasteiger partial charge in [-0.15, -0.1) is 0 Å². The van der Waals surface area contributed by atoms with Crippen molar-refractivity contribution in [2.24, 2.45) is 0 Å². The van der Waals surface area contributed by atoms with Crippen LogP contribution in [0.4, 0.5) is 5.69 Å². The monoisotopic (exact) mass is 301 g/mol. The van der Waals surface area contributed by atoms with Gasteiger partial charge in [0, 0.05) is 43.9 Å². The quantitative estimate of drug-likeness (QED) is 0.875. The highest BCUT2D eigenvalue weighted by molar-refractivity contribution is 5.97. The van der Waals surface area contributed by atoms with E-state index in [0.29, 0.717) is 0 Å². The van der Waals surface area contributed by atoms with Gasteiger partial charge in [-0.05, 0) is 43.4 Å².